The maximum Gasteiger partial charge on any atom is 0.471 e. The van der Waals surface area contributed by atoms with Crippen LogP contribution in [0.4, 0.5) is 56.1 Å². The normalized spacial score (nSPS) is 11.9. The van der Waals surface area contributed by atoms with Crippen LogP contribution in [0, 0.1) is 17.6 Å². The van der Waals surface area contributed by atoms with Gasteiger partial charge in [0.2, 0.25) is 11.8 Å². The Morgan fingerprint density at radius 2 is 0.640 bits per heavy atom. The third-order valence-electron chi connectivity index (χ3n) is 19.4. The molecule has 1 aliphatic rings. The average Bonchev–Trinajstić information content (AvgIpc) is 1.68. The van der Waals surface area contributed by atoms with Crippen molar-refractivity contribution in [2.24, 2.45) is 5.92 Å². The molecule has 19 N–H and O–H groups in total. The van der Waals surface area contributed by atoms with Crippen LogP contribution >= 0.6 is 0 Å². The average molecular weight is 1690 g/mol. The Labute approximate surface area is 700 Å². The van der Waals surface area contributed by atoms with E-state index in [1.165, 1.54) is 25.6 Å². The summed E-state index contributed by atoms with van der Waals surface area (Å²) in [5, 5.41) is 52.9. The molecule has 20 aromatic rings. The first-order chi connectivity index (χ1) is 60.8. The number of hydrogen-bond donors (Lipinski definition) is 18. The molecule has 40 heteroatoms. The van der Waals surface area contributed by atoms with Gasteiger partial charge in [0, 0.05) is 18.4 Å². The minimum atomic E-state index is -4.97. The summed E-state index contributed by atoms with van der Waals surface area (Å²) in [5.41, 5.74) is 21.9. The minimum absolute atomic E-state index is 0.0865. The SMILES string of the molecule is CC(=O)Nc1cn[nH]c1-c1nc2ccccc2[nH]1.Nc1cn[nH]c1-c1nc2ccccc2[nH]1.O=C(Nc1cn[nH]c1-c1nc2ccccc2[nH]1)C(F)(F)F.O=C(Nc1cn[nH]c1-c1nc2ccccc2[nH]1)C1CCCCC1.O=C(Nc1cn[nH]c1-c1nc2ccccc2[nH]1)c1c(F)cccc1F.O=C(Nc1cn[nH]c1-c1nc2ccccc2[nH]1)c1ccccc1. The van der Waals surface area contributed by atoms with Gasteiger partial charge in [-0.3, -0.25) is 54.6 Å². The quantitative estimate of drug-likeness (QED) is 0.0450. The number of hydrogen-bond acceptors (Lipinski definition) is 18. The van der Waals surface area contributed by atoms with Crippen molar-refractivity contribution >= 4 is 130 Å². The summed E-state index contributed by atoms with van der Waals surface area (Å²) in [7, 11) is 0. The molecule has 5 amide bonds. The molecule has 35 nitrogen and oxygen atoms in total. The number of fused-ring (bicyclic) bond motifs is 6. The highest BCUT2D eigenvalue weighted by molar-refractivity contribution is 6.07. The predicted octanol–water partition coefficient (Wildman–Crippen LogP) is 16.1. The van der Waals surface area contributed by atoms with Crippen LogP contribution in [0.5, 0.6) is 0 Å². The Morgan fingerprint density at radius 3 is 0.968 bits per heavy atom. The van der Waals surface area contributed by atoms with E-state index in [-0.39, 0.29) is 46.5 Å². The molecule has 12 heterocycles. The molecule has 0 radical (unpaired) electrons. The highest BCUT2D eigenvalue weighted by Crippen LogP contribution is 2.34. The molecule has 0 spiro atoms. The Balaban J connectivity index is 0.000000111. The smallest absolute Gasteiger partial charge is 0.396 e. The van der Waals surface area contributed by atoms with Crippen LogP contribution < -0.4 is 32.3 Å². The van der Waals surface area contributed by atoms with Gasteiger partial charge in [-0.25, -0.2) is 38.7 Å². The number of anilines is 6. The van der Waals surface area contributed by atoms with Gasteiger partial charge in [-0.2, -0.15) is 43.8 Å². The minimum Gasteiger partial charge on any atom is -0.396 e. The van der Waals surface area contributed by atoms with Crippen LogP contribution in [-0.2, 0) is 14.4 Å². The lowest BCUT2D eigenvalue weighted by Gasteiger charge is -2.20. The predicted molar refractivity (Wildman–Crippen MR) is 459 cm³/mol. The zero-order valence-corrected chi connectivity index (χ0v) is 65.4. The number of nitrogens with one attached hydrogen (secondary N) is 17. The number of nitrogens with zero attached hydrogens (tertiary/aromatic N) is 12. The van der Waals surface area contributed by atoms with E-state index in [2.05, 4.69) is 142 Å². The summed E-state index contributed by atoms with van der Waals surface area (Å²) in [4.78, 5) is 104. The molecule has 0 unspecified atom stereocenters. The zero-order valence-electron chi connectivity index (χ0n) is 65.4. The maximum absolute atomic E-state index is 13.7. The summed E-state index contributed by atoms with van der Waals surface area (Å²) in [6.45, 7) is 1.45. The summed E-state index contributed by atoms with van der Waals surface area (Å²) < 4.78 is 64.3. The van der Waals surface area contributed by atoms with Crippen molar-refractivity contribution in [3.8, 4) is 69.1 Å². The van der Waals surface area contributed by atoms with Crippen molar-refractivity contribution in [1.82, 2.24) is 121 Å². The van der Waals surface area contributed by atoms with Gasteiger partial charge in [0.1, 0.15) is 51.4 Å². The Hall–Kier alpha value is -17.4. The number of para-hydroxylation sites is 12. The van der Waals surface area contributed by atoms with Gasteiger partial charge < -0.3 is 62.2 Å². The van der Waals surface area contributed by atoms with Crippen LogP contribution in [0.2, 0.25) is 0 Å². The van der Waals surface area contributed by atoms with E-state index in [0.29, 0.717) is 85.7 Å². The number of aromatic nitrogens is 24. The van der Waals surface area contributed by atoms with Gasteiger partial charge in [0.25, 0.3) is 11.8 Å². The molecule has 1 fully saturated rings. The number of carbonyl (C=O) groups is 5. The summed E-state index contributed by atoms with van der Waals surface area (Å²) in [5.74, 6) is -1.58. The molecule has 0 aliphatic heterocycles. The van der Waals surface area contributed by atoms with Crippen LogP contribution in [0.3, 0.4) is 0 Å². The van der Waals surface area contributed by atoms with Crippen molar-refractivity contribution in [2.45, 2.75) is 45.2 Å². The summed E-state index contributed by atoms with van der Waals surface area (Å²) in [6.07, 6.45) is 9.28. The molecule has 0 atom stereocenters. The van der Waals surface area contributed by atoms with Gasteiger partial charge in [-0.15, -0.1) is 0 Å². The number of amides is 5. The third-order valence-corrected chi connectivity index (χ3v) is 19.4. The lowest BCUT2D eigenvalue weighted by atomic mass is 9.88. The van der Waals surface area contributed by atoms with Gasteiger partial charge in [-0.05, 0) is 110 Å². The first kappa shape index (κ1) is 81.4. The number of imidazole rings is 6. The molecule has 125 heavy (non-hydrogen) atoms. The van der Waals surface area contributed by atoms with Gasteiger partial charge in [0.15, 0.2) is 34.9 Å². The number of benzene rings is 8. The van der Waals surface area contributed by atoms with Crippen LogP contribution in [-0.4, -0.2) is 157 Å². The largest absolute Gasteiger partial charge is 0.471 e. The Bertz CT molecular complexity index is 6970. The van der Waals surface area contributed by atoms with Crippen molar-refractivity contribution in [1.29, 1.82) is 0 Å². The molecule has 21 rings (SSSR count). The lowest BCUT2D eigenvalue weighted by Crippen LogP contribution is -2.30. The number of carbonyl (C=O) groups excluding carboxylic acids is 5. The van der Waals surface area contributed by atoms with Crippen LogP contribution in [0.25, 0.3) is 135 Å². The fourth-order valence-corrected chi connectivity index (χ4v) is 13.4. The fourth-order valence-electron chi connectivity index (χ4n) is 13.4. The molecule has 0 saturated heterocycles. The monoisotopic (exact) mass is 1690 g/mol. The standard InChI is InChI=1S/C17H11F2N5O.C17H19N5O.C17H13N5O.C12H8F3N5O.C12H11N5O.C10H9N5/c18-9-4-3-5-10(19)14(9)17(25)23-13-8-20-24-15(13)16-21-11-6-1-2-7-12(11)22-16;2*23-17(11-6-2-1-3-7-11)21-14-10-18-22-15(14)16-19-12-8-4-5-9-13(12)20-16;13-12(14,15)11(21)19-8-5-16-20-9(8)10-17-6-3-1-2-4-7(6)18-10;1-7(18)14-10-6-13-17-11(10)12-15-8-4-2-3-5-9(8)16-12;11-6-5-12-15-9(6)10-13-7-3-1-2-4-8(7)14-10/h1-8H,(H,20,24)(H,21,22)(H,23,25);4-5,8-11H,1-3,6-7H2,(H,18,22)(H,19,20)(H,21,23);1-10H,(H,18,22)(H,19,20)(H,21,23);1-5H,(H,16,20)(H,17,18)(H,19,21);2-6H,1H3,(H,13,17)(H,14,18)(H,15,16);1-5H,11H2,(H,12,15)(H,13,14). The molecule has 0 bridgehead atoms. The number of H-pyrrole nitrogens is 12. The van der Waals surface area contributed by atoms with E-state index in [1.54, 1.807) is 66.5 Å². The number of alkyl halides is 3. The molecule has 8 aromatic carbocycles. The second-order valence-electron chi connectivity index (χ2n) is 27.9. The third kappa shape index (κ3) is 18.9. The van der Waals surface area contributed by atoms with E-state index < -0.39 is 35.2 Å². The first-order valence-corrected chi connectivity index (χ1v) is 38.5. The number of nitrogen functional groups attached to an aromatic ring is 1. The fraction of sp³-hybridized carbons (Fsp3) is 0.0941. The molecule has 1 saturated carbocycles. The van der Waals surface area contributed by atoms with E-state index in [9.17, 15) is 45.9 Å². The van der Waals surface area contributed by atoms with Gasteiger partial charge in [0.05, 0.1) is 138 Å². The number of aromatic amines is 12. The van der Waals surface area contributed by atoms with E-state index >= 15 is 0 Å². The Kier molecular flexibility index (Phi) is 23.7. The zero-order chi connectivity index (χ0) is 86.5. The van der Waals surface area contributed by atoms with E-state index in [4.69, 9.17) is 5.73 Å². The molecule has 1 aliphatic carbocycles. The molecular formula is C85H71F5N30O5. The maximum atomic E-state index is 13.7. The molecule has 626 valence electrons. The number of nitrogens with two attached hydrogens (primary N) is 1. The van der Waals surface area contributed by atoms with Crippen molar-refractivity contribution < 1.29 is 45.9 Å². The molecule has 12 aromatic heterocycles. The van der Waals surface area contributed by atoms with Crippen LogP contribution in [0.15, 0.2) is 231 Å². The van der Waals surface area contributed by atoms with Crippen molar-refractivity contribution in [3.63, 3.8) is 0 Å². The van der Waals surface area contributed by atoms with Crippen molar-refractivity contribution in [2.75, 3.05) is 32.3 Å². The Morgan fingerprint density at radius 1 is 0.344 bits per heavy atom. The molecular weight excluding hydrogens is 1620 g/mol. The topological polar surface area (TPSA) is 516 Å². The van der Waals surface area contributed by atoms with E-state index in [1.807, 2.05) is 140 Å². The highest BCUT2D eigenvalue weighted by Gasteiger charge is 2.39. The second kappa shape index (κ2) is 36.5. The van der Waals surface area contributed by atoms with Crippen molar-refractivity contribution in [3.05, 3.63) is 254 Å². The summed E-state index contributed by atoms with van der Waals surface area (Å²) in [6, 6.07) is 57.9. The lowest BCUT2D eigenvalue weighted by molar-refractivity contribution is -0.167. The summed E-state index contributed by atoms with van der Waals surface area (Å²) >= 11 is 0. The van der Waals surface area contributed by atoms with Gasteiger partial charge >= 0.3 is 12.1 Å². The number of halogens is 5. The van der Waals surface area contributed by atoms with Gasteiger partial charge in [-0.1, -0.05) is 116 Å². The number of rotatable bonds is 14. The second-order valence-corrected chi connectivity index (χ2v) is 27.9. The first-order valence-electron chi connectivity index (χ1n) is 38.5. The van der Waals surface area contributed by atoms with E-state index in [0.717, 1.165) is 110 Å². The highest BCUT2D eigenvalue weighted by atomic mass is 19.4. The van der Waals surface area contributed by atoms with Crippen LogP contribution in [0.1, 0.15) is 59.7 Å².